The standard InChI is InChI=1S/C25H50O2/c1-6-7-8-9-10-11-12-13-14-15-16-17-18-19-25-26-23(21(2)3)20-24(27-25)22(4)5/h21-25H,6-20H2,1-5H3/t23-,24-/m1/s1. The lowest BCUT2D eigenvalue weighted by Crippen LogP contribution is -2.42. The highest BCUT2D eigenvalue weighted by atomic mass is 16.7. The van der Waals surface area contributed by atoms with Crippen LogP contribution in [0, 0.1) is 11.8 Å². The summed E-state index contributed by atoms with van der Waals surface area (Å²) < 4.78 is 12.4. The summed E-state index contributed by atoms with van der Waals surface area (Å²) in [7, 11) is 0. The van der Waals surface area contributed by atoms with Gasteiger partial charge in [0.1, 0.15) is 0 Å². The van der Waals surface area contributed by atoms with Crippen LogP contribution in [0.4, 0.5) is 0 Å². The highest BCUT2D eigenvalue weighted by Crippen LogP contribution is 2.29. The highest BCUT2D eigenvalue weighted by molar-refractivity contribution is 4.77. The molecule has 27 heavy (non-hydrogen) atoms. The Morgan fingerprint density at radius 3 is 1.33 bits per heavy atom. The fourth-order valence-corrected chi connectivity index (χ4v) is 4.09. The van der Waals surface area contributed by atoms with E-state index in [1.54, 1.807) is 0 Å². The molecule has 0 aromatic rings. The molecule has 0 aromatic carbocycles. The van der Waals surface area contributed by atoms with Gasteiger partial charge >= 0.3 is 0 Å². The maximum absolute atomic E-state index is 6.21. The molecule has 0 saturated carbocycles. The first-order chi connectivity index (χ1) is 13.0. The molecule has 0 bridgehead atoms. The van der Waals surface area contributed by atoms with Crippen LogP contribution in [0.2, 0.25) is 0 Å². The summed E-state index contributed by atoms with van der Waals surface area (Å²) in [5.41, 5.74) is 0. The van der Waals surface area contributed by atoms with E-state index in [4.69, 9.17) is 9.47 Å². The van der Waals surface area contributed by atoms with E-state index < -0.39 is 0 Å². The second-order valence-electron chi connectivity index (χ2n) is 9.53. The van der Waals surface area contributed by atoms with Gasteiger partial charge in [-0.1, -0.05) is 112 Å². The minimum Gasteiger partial charge on any atom is -0.349 e. The third-order valence-corrected chi connectivity index (χ3v) is 6.15. The molecule has 0 amide bonds. The van der Waals surface area contributed by atoms with Gasteiger partial charge in [0.2, 0.25) is 0 Å². The van der Waals surface area contributed by atoms with Crippen molar-refractivity contribution < 1.29 is 9.47 Å². The van der Waals surface area contributed by atoms with E-state index in [-0.39, 0.29) is 6.29 Å². The largest absolute Gasteiger partial charge is 0.349 e. The Morgan fingerprint density at radius 1 is 0.593 bits per heavy atom. The molecular formula is C25H50O2. The molecule has 0 aliphatic carbocycles. The van der Waals surface area contributed by atoms with Crippen molar-refractivity contribution in [3.05, 3.63) is 0 Å². The van der Waals surface area contributed by atoms with Gasteiger partial charge in [-0.15, -0.1) is 0 Å². The van der Waals surface area contributed by atoms with Crippen molar-refractivity contribution in [1.82, 2.24) is 0 Å². The predicted octanol–water partition coefficient (Wildman–Crippen LogP) is 8.28. The molecule has 0 aromatic heterocycles. The van der Waals surface area contributed by atoms with Crippen molar-refractivity contribution in [2.45, 2.75) is 149 Å². The van der Waals surface area contributed by atoms with Crippen LogP contribution in [-0.4, -0.2) is 18.5 Å². The minimum atomic E-state index is 0.0336. The molecule has 1 fully saturated rings. The van der Waals surface area contributed by atoms with Gasteiger partial charge in [-0.05, 0) is 24.7 Å². The molecule has 1 saturated heterocycles. The smallest absolute Gasteiger partial charge is 0.158 e. The quantitative estimate of drug-likeness (QED) is 0.250. The van der Waals surface area contributed by atoms with E-state index in [0.29, 0.717) is 24.0 Å². The van der Waals surface area contributed by atoms with E-state index in [9.17, 15) is 0 Å². The molecule has 0 unspecified atom stereocenters. The van der Waals surface area contributed by atoms with Gasteiger partial charge in [0.15, 0.2) is 6.29 Å². The highest BCUT2D eigenvalue weighted by Gasteiger charge is 2.32. The van der Waals surface area contributed by atoms with Gasteiger partial charge in [0.25, 0.3) is 0 Å². The normalized spacial score (nSPS) is 23.4. The molecular weight excluding hydrogens is 332 g/mol. The van der Waals surface area contributed by atoms with Gasteiger partial charge in [-0.25, -0.2) is 0 Å². The molecule has 0 radical (unpaired) electrons. The zero-order valence-electron chi connectivity index (χ0n) is 19.3. The van der Waals surface area contributed by atoms with Crippen LogP contribution in [0.15, 0.2) is 0 Å². The van der Waals surface area contributed by atoms with Crippen LogP contribution in [0.25, 0.3) is 0 Å². The molecule has 2 heteroatoms. The zero-order valence-corrected chi connectivity index (χ0v) is 19.3. The SMILES string of the molecule is CCCCCCCCCCCCCCCC1O[C@@H](C(C)C)C[C@H](C(C)C)O1. The van der Waals surface area contributed by atoms with Gasteiger partial charge in [0, 0.05) is 6.42 Å². The van der Waals surface area contributed by atoms with Gasteiger partial charge in [-0.3, -0.25) is 0 Å². The Balaban J connectivity index is 1.98. The van der Waals surface area contributed by atoms with Crippen molar-refractivity contribution in [3.8, 4) is 0 Å². The van der Waals surface area contributed by atoms with Crippen molar-refractivity contribution >= 4 is 0 Å². The van der Waals surface area contributed by atoms with Gasteiger partial charge in [0.05, 0.1) is 12.2 Å². The molecule has 0 spiro atoms. The lowest BCUT2D eigenvalue weighted by Gasteiger charge is -2.39. The second-order valence-corrected chi connectivity index (χ2v) is 9.53. The van der Waals surface area contributed by atoms with E-state index in [2.05, 4.69) is 34.6 Å². The molecule has 1 aliphatic heterocycles. The van der Waals surface area contributed by atoms with Crippen molar-refractivity contribution in [3.63, 3.8) is 0 Å². The molecule has 1 aliphatic rings. The first kappa shape index (κ1) is 25.0. The van der Waals surface area contributed by atoms with E-state index in [1.165, 1.54) is 83.5 Å². The Hall–Kier alpha value is -0.0800. The van der Waals surface area contributed by atoms with E-state index in [1.807, 2.05) is 0 Å². The van der Waals surface area contributed by atoms with Gasteiger partial charge in [-0.2, -0.15) is 0 Å². The summed E-state index contributed by atoms with van der Waals surface area (Å²) in [5.74, 6) is 1.17. The number of unbranched alkanes of at least 4 members (excludes halogenated alkanes) is 12. The third-order valence-electron chi connectivity index (χ3n) is 6.15. The maximum Gasteiger partial charge on any atom is 0.158 e. The zero-order chi connectivity index (χ0) is 19.9. The maximum atomic E-state index is 6.21. The number of ether oxygens (including phenoxy) is 2. The van der Waals surface area contributed by atoms with Crippen LogP contribution >= 0.6 is 0 Å². The van der Waals surface area contributed by atoms with Crippen LogP contribution in [0.3, 0.4) is 0 Å². The topological polar surface area (TPSA) is 18.5 Å². The molecule has 0 N–H and O–H groups in total. The molecule has 1 rings (SSSR count). The van der Waals surface area contributed by atoms with E-state index >= 15 is 0 Å². The van der Waals surface area contributed by atoms with Crippen molar-refractivity contribution in [1.29, 1.82) is 0 Å². The third kappa shape index (κ3) is 12.2. The number of hydrogen-bond donors (Lipinski definition) is 0. The Kier molecular flexibility index (Phi) is 14.6. The average Bonchev–Trinajstić information content (AvgIpc) is 2.65. The van der Waals surface area contributed by atoms with Crippen molar-refractivity contribution in [2.75, 3.05) is 0 Å². The Labute approximate surface area is 171 Å². The Bertz CT molecular complexity index is 310. The fraction of sp³-hybridized carbons (Fsp3) is 1.00. The number of rotatable bonds is 16. The summed E-state index contributed by atoms with van der Waals surface area (Å²) in [4.78, 5) is 0. The summed E-state index contributed by atoms with van der Waals surface area (Å²) in [6.45, 7) is 11.4. The minimum absolute atomic E-state index is 0.0336. The van der Waals surface area contributed by atoms with Crippen LogP contribution in [-0.2, 0) is 9.47 Å². The molecule has 2 atom stereocenters. The van der Waals surface area contributed by atoms with Gasteiger partial charge < -0.3 is 9.47 Å². The summed E-state index contributed by atoms with van der Waals surface area (Å²) in [6.07, 6.45) is 21.2. The lowest BCUT2D eigenvalue weighted by molar-refractivity contribution is -0.261. The number of hydrogen-bond acceptors (Lipinski definition) is 2. The molecule has 162 valence electrons. The van der Waals surface area contributed by atoms with Crippen molar-refractivity contribution in [2.24, 2.45) is 11.8 Å². The lowest BCUT2D eigenvalue weighted by atomic mass is 9.93. The van der Waals surface area contributed by atoms with E-state index in [0.717, 1.165) is 12.8 Å². The molecule has 1 heterocycles. The summed E-state index contributed by atoms with van der Waals surface area (Å²) in [5, 5.41) is 0. The van der Waals surface area contributed by atoms with Crippen LogP contribution < -0.4 is 0 Å². The first-order valence-corrected chi connectivity index (χ1v) is 12.4. The molecule has 2 nitrogen and oxygen atoms in total. The fourth-order valence-electron chi connectivity index (χ4n) is 4.09. The van der Waals surface area contributed by atoms with Crippen LogP contribution in [0.1, 0.15) is 131 Å². The average molecular weight is 383 g/mol. The monoisotopic (exact) mass is 382 g/mol. The summed E-state index contributed by atoms with van der Waals surface area (Å²) in [6, 6.07) is 0. The van der Waals surface area contributed by atoms with Crippen LogP contribution in [0.5, 0.6) is 0 Å². The Morgan fingerprint density at radius 2 is 0.963 bits per heavy atom. The summed E-state index contributed by atoms with van der Waals surface area (Å²) >= 11 is 0. The predicted molar refractivity (Wildman–Crippen MR) is 118 cm³/mol. The second kappa shape index (κ2) is 15.8. The first-order valence-electron chi connectivity index (χ1n) is 12.4.